The first-order valence-electron chi connectivity index (χ1n) is 6.75. The minimum absolute atomic E-state index is 0.0238. The fourth-order valence-corrected chi connectivity index (χ4v) is 3.09. The lowest BCUT2D eigenvalue weighted by Gasteiger charge is -2.21. The number of ether oxygens (including phenoxy) is 1. The number of rotatable bonds is 2. The first-order valence-corrected chi connectivity index (χ1v) is 6.75. The van der Waals surface area contributed by atoms with Crippen molar-refractivity contribution in [1.29, 1.82) is 0 Å². The van der Waals surface area contributed by atoms with E-state index in [9.17, 15) is 4.79 Å². The van der Waals surface area contributed by atoms with Gasteiger partial charge in [-0.2, -0.15) is 0 Å². The molecule has 2 nitrogen and oxygen atoms in total. The molecule has 1 unspecified atom stereocenters. The van der Waals surface area contributed by atoms with Gasteiger partial charge in [-0.15, -0.1) is 0 Å². The lowest BCUT2D eigenvalue weighted by Crippen LogP contribution is -2.17. The van der Waals surface area contributed by atoms with Crippen LogP contribution in [0.4, 0.5) is 0 Å². The van der Waals surface area contributed by atoms with Crippen molar-refractivity contribution >= 4 is 5.97 Å². The molecule has 0 amide bonds. The van der Waals surface area contributed by atoms with Gasteiger partial charge >= 0.3 is 5.97 Å². The van der Waals surface area contributed by atoms with Crippen LogP contribution in [-0.4, -0.2) is 12.6 Å². The maximum atomic E-state index is 11.9. The Bertz CT molecular complexity index is 503. The van der Waals surface area contributed by atoms with E-state index >= 15 is 0 Å². The molecule has 0 saturated carbocycles. The zero-order valence-electron chi connectivity index (χ0n) is 10.7. The van der Waals surface area contributed by atoms with Crippen molar-refractivity contribution in [2.45, 2.75) is 32.6 Å². The molecule has 0 heterocycles. The molecule has 0 radical (unpaired) electrons. The largest absolute Gasteiger partial charge is 0.466 e. The summed E-state index contributed by atoms with van der Waals surface area (Å²) in [5, 5.41) is 0. The molecule has 0 saturated heterocycles. The Morgan fingerprint density at radius 1 is 1.50 bits per heavy atom. The smallest absolute Gasteiger partial charge is 0.313 e. The van der Waals surface area contributed by atoms with Crippen LogP contribution in [0.5, 0.6) is 0 Å². The van der Waals surface area contributed by atoms with Crippen molar-refractivity contribution in [2.75, 3.05) is 6.61 Å². The molecule has 0 aromatic heterocycles. The van der Waals surface area contributed by atoms with Crippen LogP contribution >= 0.6 is 0 Å². The van der Waals surface area contributed by atoms with Gasteiger partial charge in [-0.1, -0.05) is 29.9 Å². The SMILES string of the molecule is CCOC(=O)C1CCC2=C1C=C1C=CCC=C1C2. The summed E-state index contributed by atoms with van der Waals surface area (Å²) >= 11 is 0. The molecule has 0 bridgehead atoms. The lowest BCUT2D eigenvalue weighted by molar-refractivity contribution is -0.146. The molecule has 1 atom stereocenters. The van der Waals surface area contributed by atoms with Crippen LogP contribution < -0.4 is 0 Å². The number of esters is 1. The van der Waals surface area contributed by atoms with Crippen molar-refractivity contribution in [3.63, 3.8) is 0 Å². The number of hydrogen-bond donors (Lipinski definition) is 0. The zero-order valence-corrected chi connectivity index (χ0v) is 10.7. The van der Waals surface area contributed by atoms with Crippen LogP contribution in [0.2, 0.25) is 0 Å². The van der Waals surface area contributed by atoms with Crippen molar-refractivity contribution in [2.24, 2.45) is 5.92 Å². The second-order valence-corrected chi connectivity index (χ2v) is 5.05. The maximum absolute atomic E-state index is 11.9. The molecule has 18 heavy (non-hydrogen) atoms. The Hall–Kier alpha value is -1.57. The molecule has 2 heteroatoms. The van der Waals surface area contributed by atoms with Crippen molar-refractivity contribution in [3.05, 3.63) is 46.6 Å². The van der Waals surface area contributed by atoms with E-state index in [2.05, 4.69) is 24.3 Å². The topological polar surface area (TPSA) is 26.3 Å². The summed E-state index contributed by atoms with van der Waals surface area (Å²) in [4.78, 5) is 11.9. The molecule has 0 N–H and O–H groups in total. The third kappa shape index (κ3) is 1.86. The van der Waals surface area contributed by atoms with Gasteiger partial charge < -0.3 is 4.74 Å². The number of carbonyl (C=O) groups excluding carboxylic acids is 1. The second kappa shape index (κ2) is 4.60. The van der Waals surface area contributed by atoms with Gasteiger partial charge in [0.15, 0.2) is 0 Å². The quantitative estimate of drug-likeness (QED) is 0.693. The van der Waals surface area contributed by atoms with E-state index in [-0.39, 0.29) is 11.9 Å². The van der Waals surface area contributed by atoms with E-state index in [0.717, 1.165) is 25.7 Å². The van der Waals surface area contributed by atoms with E-state index < -0.39 is 0 Å². The van der Waals surface area contributed by atoms with Crippen LogP contribution in [0, 0.1) is 5.92 Å². The third-order valence-electron chi connectivity index (χ3n) is 3.97. The summed E-state index contributed by atoms with van der Waals surface area (Å²) in [7, 11) is 0. The van der Waals surface area contributed by atoms with E-state index in [1.165, 1.54) is 22.3 Å². The summed E-state index contributed by atoms with van der Waals surface area (Å²) in [6.45, 7) is 2.34. The van der Waals surface area contributed by atoms with Crippen LogP contribution in [0.25, 0.3) is 0 Å². The van der Waals surface area contributed by atoms with E-state index in [4.69, 9.17) is 4.74 Å². The molecule has 0 fully saturated rings. The van der Waals surface area contributed by atoms with Gasteiger partial charge in [-0.25, -0.2) is 0 Å². The highest BCUT2D eigenvalue weighted by Gasteiger charge is 2.33. The van der Waals surface area contributed by atoms with E-state index in [0.29, 0.717) is 6.61 Å². The van der Waals surface area contributed by atoms with Crippen molar-refractivity contribution < 1.29 is 9.53 Å². The fourth-order valence-electron chi connectivity index (χ4n) is 3.09. The standard InChI is InChI=1S/C16H18O2/c1-2-18-16(17)14-8-7-13-9-11-5-3-4-6-12(11)10-15(13)14/h4-6,10,14H,2-3,7-9H2,1H3. The molecule has 3 aliphatic rings. The summed E-state index contributed by atoms with van der Waals surface area (Å²) in [6, 6.07) is 0. The van der Waals surface area contributed by atoms with Gasteiger partial charge in [0.05, 0.1) is 12.5 Å². The average molecular weight is 242 g/mol. The van der Waals surface area contributed by atoms with Gasteiger partial charge in [0.2, 0.25) is 0 Å². The normalized spacial score (nSPS) is 25.3. The van der Waals surface area contributed by atoms with Gasteiger partial charge in [-0.3, -0.25) is 4.79 Å². The molecule has 3 aliphatic carbocycles. The van der Waals surface area contributed by atoms with Crippen LogP contribution in [0.3, 0.4) is 0 Å². The number of allylic oxidation sites excluding steroid dienone is 7. The number of carbonyl (C=O) groups is 1. The molecular weight excluding hydrogens is 224 g/mol. The molecule has 94 valence electrons. The third-order valence-corrected chi connectivity index (χ3v) is 3.97. The van der Waals surface area contributed by atoms with Gasteiger partial charge in [0.1, 0.15) is 0 Å². The minimum atomic E-state index is -0.0495. The monoisotopic (exact) mass is 242 g/mol. The molecule has 0 aromatic carbocycles. The Kier molecular flexibility index (Phi) is 2.94. The Morgan fingerprint density at radius 2 is 2.39 bits per heavy atom. The van der Waals surface area contributed by atoms with Gasteiger partial charge in [0, 0.05) is 0 Å². The predicted octanol–water partition coefficient (Wildman–Crippen LogP) is 3.47. The molecule has 0 spiro atoms. The number of fused-ring (bicyclic) bond motifs is 1. The first kappa shape index (κ1) is 11.5. The van der Waals surface area contributed by atoms with E-state index in [1.54, 1.807) is 0 Å². The fraction of sp³-hybridized carbons (Fsp3) is 0.438. The summed E-state index contributed by atoms with van der Waals surface area (Å²) in [6.07, 6.45) is 12.9. The first-order chi connectivity index (χ1) is 8.79. The Labute approximate surface area is 108 Å². The highest BCUT2D eigenvalue weighted by molar-refractivity contribution is 5.79. The lowest BCUT2D eigenvalue weighted by atomic mass is 9.84. The van der Waals surface area contributed by atoms with Gasteiger partial charge in [0.25, 0.3) is 0 Å². The highest BCUT2D eigenvalue weighted by Crippen LogP contribution is 2.43. The van der Waals surface area contributed by atoms with Crippen molar-refractivity contribution in [3.8, 4) is 0 Å². The highest BCUT2D eigenvalue weighted by atomic mass is 16.5. The van der Waals surface area contributed by atoms with Crippen LogP contribution in [-0.2, 0) is 9.53 Å². The maximum Gasteiger partial charge on any atom is 0.313 e. The summed E-state index contributed by atoms with van der Waals surface area (Å²) in [5.74, 6) is -0.0732. The Balaban J connectivity index is 1.89. The zero-order chi connectivity index (χ0) is 12.5. The van der Waals surface area contributed by atoms with E-state index in [1.807, 2.05) is 6.92 Å². The molecular formula is C16H18O2. The van der Waals surface area contributed by atoms with Crippen molar-refractivity contribution in [1.82, 2.24) is 0 Å². The molecule has 0 aliphatic heterocycles. The van der Waals surface area contributed by atoms with Crippen LogP contribution in [0.15, 0.2) is 46.6 Å². The average Bonchev–Trinajstić information content (AvgIpc) is 2.79. The summed E-state index contributed by atoms with van der Waals surface area (Å²) < 4.78 is 5.18. The molecule has 3 rings (SSSR count). The number of hydrogen-bond acceptors (Lipinski definition) is 2. The summed E-state index contributed by atoms with van der Waals surface area (Å²) in [5.41, 5.74) is 5.39. The predicted molar refractivity (Wildman–Crippen MR) is 70.9 cm³/mol. The van der Waals surface area contributed by atoms with Crippen LogP contribution in [0.1, 0.15) is 32.6 Å². The minimum Gasteiger partial charge on any atom is -0.466 e. The Morgan fingerprint density at radius 3 is 3.22 bits per heavy atom. The molecule has 0 aromatic rings. The second-order valence-electron chi connectivity index (χ2n) is 5.05. The van der Waals surface area contributed by atoms with Gasteiger partial charge in [-0.05, 0) is 49.3 Å².